The van der Waals surface area contributed by atoms with Gasteiger partial charge in [0, 0.05) is 22.9 Å². The lowest BCUT2D eigenvalue weighted by atomic mass is 10.2. The Morgan fingerprint density at radius 1 is 1.37 bits per heavy atom. The highest BCUT2D eigenvalue weighted by molar-refractivity contribution is 8.13. The van der Waals surface area contributed by atoms with Crippen LogP contribution in [0.4, 0.5) is 0 Å². The van der Waals surface area contributed by atoms with Gasteiger partial charge in [-0.15, -0.1) is 0 Å². The van der Waals surface area contributed by atoms with E-state index in [-0.39, 0.29) is 16.6 Å². The van der Waals surface area contributed by atoms with Crippen molar-refractivity contribution >= 4 is 25.7 Å². The van der Waals surface area contributed by atoms with Gasteiger partial charge in [0.05, 0.1) is 0 Å². The van der Waals surface area contributed by atoms with E-state index < -0.39 is 20.6 Å². The molecule has 0 saturated heterocycles. The van der Waals surface area contributed by atoms with E-state index in [0.717, 1.165) is 0 Å². The highest BCUT2D eigenvalue weighted by Gasteiger charge is 2.25. The van der Waals surface area contributed by atoms with Crippen molar-refractivity contribution in [2.24, 2.45) is 0 Å². The summed E-state index contributed by atoms with van der Waals surface area (Å²) in [6.07, 6.45) is 1.34. The van der Waals surface area contributed by atoms with Crippen LogP contribution in [0.2, 0.25) is 0 Å². The molecular formula is C12H18ClNO4S. The maximum atomic E-state index is 12.0. The standard InChI is InChI=1S/C12H18ClNO4S/c1-8(2)14-7-9(19(13,16)17)6-10(14)11(15)18-12(3,4)5/h6-8H,1-5H3. The van der Waals surface area contributed by atoms with Crippen molar-refractivity contribution in [3.63, 3.8) is 0 Å². The summed E-state index contributed by atoms with van der Waals surface area (Å²) < 4.78 is 29.4. The van der Waals surface area contributed by atoms with Gasteiger partial charge in [0.15, 0.2) is 0 Å². The normalized spacial score (nSPS) is 12.8. The molecule has 0 radical (unpaired) electrons. The molecule has 0 aromatic carbocycles. The van der Waals surface area contributed by atoms with E-state index in [1.807, 2.05) is 13.8 Å². The molecule has 1 aromatic rings. The Morgan fingerprint density at radius 3 is 2.26 bits per heavy atom. The first kappa shape index (κ1) is 16.0. The van der Waals surface area contributed by atoms with Crippen molar-refractivity contribution in [1.82, 2.24) is 4.57 Å². The van der Waals surface area contributed by atoms with Crippen LogP contribution in [-0.4, -0.2) is 24.6 Å². The molecule has 0 N–H and O–H groups in total. The van der Waals surface area contributed by atoms with E-state index in [4.69, 9.17) is 15.4 Å². The van der Waals surface area contributed by atoms with Crippen LogP contribution in [0.25, 0.3) is 0 Å². The van der Waals surface area contributed by atoms with E-state index >= 15 is 0 Å². The van der Waals surface area contributed by atoms with Gasteiger partial charge < -0.3 is 9.30 Å². The van der Waals surface area contributed by atoms with Gasteiger partial charge >= 0.3 is 5.97 Å². The summed E-state index contributed by atoms with van der Waals surface area (Å²) in [5.74, 6) is -0.576. The first-order valence-corrected chi connectivity index (χ1v) is 8.12. The van der Waals surface area contributed by atoms with Crippen molar-refractivity contribution in [2.45, 2.75) is 51.2 Å². The lowest BCUT2D eigenvalue weighted by Crippen LogP contribution is -2.25. The molecular weight excluding hydrogens is 290 g/mol. The Balaban J connectivity index is 3.27. The summed E-state index contributed by atoms with van der Waals surface area (Å²) in [6, 6.07) is 1.14. The number of esters is 1. The fraction of sp³-hybridized carbons (Fsp3) is 0.583. The maximum Gasteiger partial charge on any atom is 0.355 e. The number of rotatable bonds is 3. The third-order valence-electron chi connectivity index (χ3n) is 2.27. The number of carbonyl (C=O) groups excluding carboxylic acids is 1. The van der Waals surface area contributed by atoms with Crippen molar-refractivity contribution in [3.05, 3.63) is 18.0 Å². The molecule has 0 spiro atoms. The summed E-state index contributed by atoms with van der Waals surface area (Å²) in [4.78, 5) is 11.9. The molecule has 1 rings (SSSR count). The molecule has 5 nitrogen and oxygen atoms in total. The molecule has 108 valence electrons. The van der Waals surface area contributed by atoms with Gasteiger partial charge in [0.25, 0.3) is 9.05 Å². The van der Waals surface area contributed by atoms with Gasteiger partial charge in [0.1, 0.15) is 16.2 Å². The van der Waals surface area contributed by atoms with E-state index in [9.17, 15) is 13.2 Å². The average molecular weight is 308 g/mol. The maximum absolute atomic E-state index is 12.0. The van der Waals surface area contributed by atoms with Gasteiger partial charge in [-0.3, -0.25) is 0 Å². The van der Waals surface area contributed by atoms with Gasteiger partial charge in [-0.1, -0.05) is 0 Å². The number of hydrogen-bond donors (Lipinski definition) is 0. The summed E-state index contributed by atoms with van der Waals surface area (Å²) in [5, 5.41) is 0. The molecule has 1 aromatic heterocycles. The molecule has 0 atom stereocenters. The highest BCUT2D eigenvalue weighted by atomic mass is 35.7. The Morgan fingerprint density at radius 2 is 1.89 bits per heavy atom. The zero-order valence-corrected chi connectivity index (χ0v) is 13.2. The van der Waals surface area contributed by atoms with Crippen molar-refractivity contribution in [1.29, 1.82) is 0 Å². The smallest absolute Gasteiger partial charge is 0.355 e. The minimum atomic E-state index is -3.87. The third kappa shape index (κ3) is 4.24. The molecule has 0 bridgehead atoms. The number of hydrogen-bond acceptors (Lipinski definition) is 4. The van der Waals surface area contributed by atoms with Gasteiger partial charge in [-0.25, -0.2) is 13.2 Å². The minimum Gasteiger partial charge on any atom is -0.455 e. The predicted molar refractivity (Wildman–Crippen MR) is 73.0 cm³/mol. The van der Waals surface area contributed by atoms with E-state index in [0.29, 0.717) is 0 Å². The predicted octanol–water partition coefficient (Wildman–Crippen LogP) is 2.95. The number of aromatic nitrogens is 1. The lowest BCUT2D eigenvalue weighted by Gasteiger charge is -2.20. The van der Waals surface area contributed by atoms with Crippen LogP contribution in [0.3, 0.4) is 0 Å². The average Bonchev–Trinajstić information content (AvgIpc) is 2.57. The van der Waals surface area contributed by atoms with Crippen LogP contribution >= 0.6 is 10.7 Å². The molecule has 0 aliphatic heterocycles. The third-order valence-corrected chi connectivity index (χ3v) is 3.59. The molecule has 0 saturated carbocycles. The first-order chi connectivity index (χ1) is 8.42. The summed E-state index contributed by atoms with van der Waals surface area (Å²) in [7, 11) is 1.42. The quantitative estimate of drug-likeness (QED) is 0.636. The van der Waals surface area contributed by atoms with Crippen LogP contribution in [0.15, 0.2) is 17.2 Å². The molecule has 1 heterocycles. The van der Waals surface area contributed by atoms with Gasteiger partial charge in [0.2, 0.25) is 0 Å². The van der Waals surface area contributed by atoms with Crippen LogP contribution in [0.1, 0.15) is 51.1 Å². The summed E-state index contributed by atoms with van der Waals surface area (Å²) >= 11 is 0. The molecule has 0 unspecified atom stereocenters. The number of nitrogens with zero attached hydrogens (tertiary/aromatic N) is 1. The Hall–Kier alpha value is -1.01. The fourth-order valence-corrected chi connectivity index (χ4v) is 2.25. The Kier molecular flexibility index (Phi) is 4.37. The molecule has 7 heteroatoms. The highest BCUT2D eigenvalue weighted by Crippen LogP contribution is 2.23. The lowest BCUT2D eigenvalue weighted by molar-refractivity contribution is 0.00562. The second-order valence-corrected chi connectivity index (χ2v) is 8.07. The van der Waals surface area contributed by atoms with E-state index in [1.54, 1.807) is 20.8 Å². The van der Waals surface area contributed by atoms with Gasteiger partial charge in [-0.05, 0) is 40.7 Å². The molecule has 0 fully saturated rings. The summed E-state index contributed by atoms with van der Waals surface area (Å²) in [6.45, 7) is 8.89. The molecule has 0 aliphatic rings. The topological polar surface area (TPSA) is 65.4 Å². The second kappa shape index (κ2) is 5.17. The number of halogens is 1. The SMILES string of the molecule is CC(C)n1cc(S(=O)(=O)Cl)cc1C(=O)OC(C)(C)C. The minimum absolute atomic E-state index is 0.0883. The molecule has 0 amide bonds. The monoisotopic (exact) mass is 307 g/mol. The first-order valence-electron chi connectivity index (χ1n) is 5.81. The molecule has 19 heavy (non-hydrogen) atoms. The number of ether oxygens (including phenoxy) is 1. The van der Waals surface area contributed by atoms with E-state index in [1.165, 1.54) is 16.8 Å². The van der Waals surface area contributed by atoms with Crippen LogP contribution < -0.4 is 0 Å². The Labute approximate surface area is 117 Å². The zero-order valence-electron chi connectivity index (χ0n) is 11.6. The van der Waals surface area contributed by atoms with Crippen molar-refractivity contribution < 1.29 is 17.9 Å². The van der Waals surface area contributed by atoms with Crippen molar-refractivity contribution in [2.75, 3.05) is 0 Å². The largest absolute Gasteiger partial charge is 0.455 e. The Bertz CT molecular complexity index is 581. The van der Waals surface area contributed by atoms with Gasteiger partial charge in [-0.2, -0.15) is 0 Å². The van der Waals surface area contributed by atoms with E-state index in [2.05, 4.69) is 0 Å². The second-order valence-electron chi connectivity index (χ2n) is 5.50. The van der Waals surface area contributed by atoms with Crippen molar-refractivity contribution in [3.8, 4) is 0 Å². The molecule has 0 aliphatic carbocycles. The fourth-order valence-electron chi connectivity index (χ4n) is 1.51. The summed E-state index contributed by atoms with van der Waals surface area (Å²) in [5.41, 5.74) is -0.479. The van der Waals surface area contributed by atoms with Crippen LogP contribution in [0.5, 0.6) is 0 Å². The van der Waals surface area contributed by atoms with Crippen LogP contribution in [0, 0.1) is 0 Å². The van der Waals surface area contributed by atoms with Crippen LogP contribution in [-0.2, 0) is 13.8 Å². The zero-order chi connectivity index (χ0) is 15.0. The number of carbonyl (C=O) groups is 1.